The summed E-state index contributed by atoms with van der Waals surface area (Å²) in [6, 6.07) is 3.23. The fourth-order valence-corrected chi connectivity index (χ4v) is 1.94. The van der Waals surface area contributed by atoms with Crippen LogP contribution in [0.2, 0.25) is 0 Å². The Morgan fingerprint density at radius 2 is 1.64 bits per heavy atom. The first-order valence-electron chi connectivity index (χ1n) is 6.82. The minimum Gasteiger partial charge on any atom is -0.463 e. The molecule has 0 aliphatic heterocycles. The highest BCUT2D eigenvalue weighted by atomic mass is 19.4. The Morgan fingerprint density at radius 1 is 1.08 bits per heavy atom. The zero-order chi connectivity index (χ0) is 19.5. The lowest BCUT2D eigenvalue weighted by Gasteiger charge is -2.35. The average Bonchev–Trinajstić information content (AvgIpc) is 2.44. The van der Waals surface area contributed by atoms with Crippen LogP contribution < -0.4 is 10.6 Å². The summed E-state index contributed by atoms with van der Waals surface area (Å²) in [7, 11) is 0. The molecule has 0 unspecified atom stereocenters. The van der Waals surface area contributed by atoms with Crippen molar-refractivity contribution >= 4 is 17.6 Å². The predicted octanol–water partition coefficient (Wildman–Crippen LogP) is 3.08. The molecule has 0 radical (unpaired) electrons. The molecule has 0 bridgehead atoms. The monoisotopic (exact) mass is 372 g/mol. The van der Waals surface area contributed by atoms with Crippen molar-refractivity contribution < 1.29 is 40.7 Å². The molecule has 25 heavy (non-hydrogen) atoms. The van der Waals surface area contributed by atoms with Gasteiger partial charge in [-0.1, -0.05) is 12.1 Å². The van der Waals surface area contributed by atoms with Crippen LogP contribution >= 0.6 is 0 Å². The van der Waals surface area contributed by atoms with Gasteiger partial charge in [0.2, 0.25) is 5.91 Å². The first-order valence-corrected chi connectivity index (χ1v) is 6.82. The van der Waals surface area contributed by atoms with Gasteiger partial charge in [0.25, 0.3) is 0 Å². The topological polar surface area (TPSA) is 67.4 Å². The Kier molecular flexibility index (Phi) is 5.92. The SMILES string of the molecule is CCOC(=O)[C@](NC(C)=O)(Nc1ccccc1C(F)(F)F)C(F)(F)F. The van der Waals surface area contributed by atoms with Crippen LogP contribution in [-0.2, 0) is 20.5 Å². The lowest BCUT2D eigenvalue weighted by Crippen LogP contribution is -2.69. The van der Waals surface area contributed by atoms with Gasteiger partial charge in [-0.05, 0) is 19.1 Å². The molecule has 0 aromatic heterocycles. The van der Waals surface area contributed by atoms with E-state index in [0.29, 0.717) is 19.1 Å². The maximum atomic E-state index is 13.6. The highest BCUT2D eigenvalue weighted by molar-refractivity contribution is 5.91. The number of benzene rings is 1. The second-order valence-electron chi connectivity index (χ2n) is 4.82. The normalized spacial score (nSPS) is 14.4. The van der Waals surface area contributed by atoms with Gasteiger partial charge >= 0.3 is 24.0 Å². The van der Waals surface area contributed by atoms with Crippen molar-refractivity contribution in [1.29, 1.82) is 0 Å². The number of hydrogen-bond donors (Lipinski definition) is 2. The smallest absolute Gasteiger partial charge is 0.441 e. The fraction of sp³-hybridized carbons (Fsp3) is 0.429. The Bertz CT molecular complexity index is 644. The third-order valence-electron chi connectivity index (χ3n) is 2.92. The van der Waals surface area contributed by atoms with Gasteiger partial charge in [0.15, 0.2) is 0 Å². The number of alkyl halides is 6. The van der Waals surface area contributed by atoms with Gasteiger partial charge in [0, 0.05) is 12.6 Å². The molecule has 0 aliphatic rings. The first kappa shape index (κ1) is 20.6. The largest absolute Gasteiger partial charge is 0.463 e. The van der Waals surface area contributed by atoms with E-state index in [1.54, 1.807) is 0 Å². The van der Waals surface area contributed by atoms with E-state index in [4.69, 9.17) is 0 Å². The third-order valence-corrected chi connectivity index (χ3v) is 2.92. The van der Waals surface area contributed by atoms with E-state index in [1.807, 2.05) is 0 Å². The van der Waals surface area contributed by atoms with Crippen molar-refractivity contribution in [2.24, 2.45) is 0 Å². The zero-order valence-corrected chi connectivity index (χ0v) is 13.0. The molecule has 0 aliphatic carbocycles. The summed E-state index contributed by atoms with van der Waals surface area (Å²) in [4.78, 5) is 23.1. The van der Waals surface area contributed by atoms with Crippen LogP contribution in [0.5, 0.6) is 0 Å². The second kappa shape index (κ2) is 7.19. The summed E-state index contributed by atoms with van der Waals surface area (Å²) in [5.74, 6) is -3.29. The van der Waals surface area contributed by atoms with E-state index >= 15 is 0 Å². The molecular formula is C14H14F6N2O3. The van der Waals surface area contributed by atoms with Gasteiger partial charge in [0.05, 0.1) is 12.2 Å². The lowest BCUT2D eigenvalue weighted by molar-refractivity contribution is -0.207. The van der Waals surface area contributed by atoms with Crippen molar-refractivity contribution in [1.82, 2.24) is 5.32 Å². The van der Waals surface area contributed by atoms with Crippen molar-refractivity contribution in [3.05, 3.63) is 29.8 Å². The van der Waals surface area contributed by atoms with E-state index in [-0.39, 0.29) is 0 Å². The number of amides is 1. The molecule has 0 spiro atoms. The van der Waals surface area contributed by atoms with Crippen molar-refractivity contribution in [3.63, 3.8) is 0 Å². The highest BCUT2D eigenvalue weighted by Crippen LogP contribution is 2.39. The Labute approximate surface area is 138 Å². The zero-order valence-electron chi connectivity index (χ0n) is 13.0. The van der Waals surface area contributed by atoms with Crippen molar-refractivity contribution in [2.75, 3.05) is 11.9 Å². The first-order chi connectivity index (χ1) is 11.3. The maximum Gasteiger partial charge on any atom is 0.441 e. The number of carbonyl (C=O) groups is 2. The molecule has 5 nitrogen and oxygen atoms in total. The lowest BCUT2D eigenvalue weighted by atomic mass is 10.1. The van der Waals surface area contributed by atoms with E-state index in [9.17, 15) is 35.9 Å². The molecule has 2 N–H and O–H groups in total. The molecule has 0 saturated carbocycles. The Morgan fingerprint density at radius 3 is 2.08 bits per heavy atom. The number of carbonyl (C=O) groups excluding carboxylic acids is 2. The molecule has 1 aromatic rings. The van der Waals surface area contributed by atoms with Crippen LogP contribution in [0.3, 0.4) is 0 Å². The number of esters is 1. The van der Waals surface area contributed by atoms with Gasteiger partial charge in [-0.25, -0.2) is 4.79 Å². The standard InChI is InChI=1S/C14H14F6N2O3/c1-3-25-11(24)12(14(18,19)20,21-8(2)23)22-10-7-5-4-6-9(10)13(15,16)17/h4-7,22H,3H2,1-2H3,(H,21,23)/t12-/m0/s1. The van der Waals surface area contributed by atoms with E-state index in [0.717, 1.165) is 12.1 Å². The molecule has 140 valence electrons. The number of rotatable bonds is 5. The van der Waals surface area contributed by atoms with E-state index < -0.39 is 47.7 Å². The van der Waals surface area contributed by atoms with Crippen molar-refractivity contribution in [3.8, 4) is 0 Å². The van der Waals surface area contributed by atoms with Gasteiger partial charge in [0.1, 0.15) is 0 Å². The molecular weight excluding hydrogens is 358 g/mol. The molecule has 0 heterocycles. The Hall–Kier alpha value is -2.46. The summed E-state index contributed by atoms with van der Waals surface area (Å²) in [6.45, 7) is 1.40. The van der Waals surface area contributed by atoms with Gasteiger partial charge in [-0.15, -0.1) is 0 Å². The molecule has 1 aromatic carbocycles. The second-order valence-corrected chi connectivity index (χ2v) is 4.82. The number of anilines is 1. The van der Waals surface area contributed by atoms with E-state index in [2.05, 4.69) is 4.74 Å². The summed E-state index contributed by atoms with van der Waals surface area (Å²) >= 11 is 0. The summed E-state index contributed by atoms with van der Waals surface area (Å²) in [6.07, 6.45) is -10.5. The molecule has 1 atom stereocenters. The summed E-state index contributed by atoms with van der Waals surface area (Å²) < 4.78 is 84.0. The van der Waals surface area contributed by atoms with Crippen LogP contribution in [0.15, 0.2) is 24.3 Å². The minimum atomic E-state index is -5.50. The van der Waals surface area contributed by atoms with Crippen LogP contribution in [0, 0.1) is 0 Å². The van der Waals surface area contributed by atoms with Crippen LogP contribution in [0.25, 0.3) is 0 Å². The fourth-order valence-electron chi connectivity index (χ4n) is 1.94. The summed E-state index contributed by atoms with van der Waals surface area (Å²) in [5.41, 5.74) is -6.37. The number of hydrogen-bond acceptors (Lipinski definition) is 4. The number of para-hydroxylation sites is 1. The minimum absolute atomic E-state index is 0.487. The summed E-state index contributed by atoms with van der Waals surface area (Å²) in [5, 5.41) is 2.80. The number of ether oxygens (including phenoxy) is 1. The average molecular weight is 372 g/mol. The number of nitrogens with one attached hydrogen (secondary N) is 2. The third kappa shape index (κ3) is 4.54. The number of halogens is 6. The maximum absolute atomic E-state index is 13.6. The molecule has 0 fully saturated rings. The van der Waals surface area contributed by atoms with E-state index in [1.165, 1.54) is 17.6 Å². The predicted molar refractivity (Wildman–Crippen MR) is 74.3 cm³/mol. The Balaban J connectivity index is 3.54. The molecule has 1 rings (SSSR count). The van der Waals surface area contributed by atoms with Gasteiger partial charge in [-0.3, -0.25) is 4.79 Å². The van der Waals surface area contributed by atoms with Gasteiger partial charge in [-0.2, -0.15) is 26.3 Å². The molecule has 0 saturated heterocycles. The van der Waals surface area contributed by atoms with Crippen LogP contribution in [0.1, 0.15) is 19.4 Å². The van der Waals surface area contributed by atoms with Crippen molar-refractivity contribution in [2.45, 2.75) is 31.9 Å². The van der Waals surface area contributed by atoms with Gasteiger partial charge < -0.3 is 15.4 Å². The van der Waals surface area contributed by atoms with Crippen LogP contribution in [-0.4, -0.2) is 30.3 Å². The molecule has 11 heteroatoms. The highest BCUT2D eigenvalue weighted by Gasteiger charge is 2.63. The quantitative estimate of drug-likeness (QED) is 0.474. The molecule has 1 amide bonds. The van der Waals surface area contributed by atoms with Crippen LogP contribution in [0.4, 0.5) is 32.0 Å².